The van der Waals surface area contributed by atoms with Crippen molar-refractivity contribution in [3.63, 3.8) is 0 Å². The molecular weight excluding hydrogens is 302 g/mol. The van der Waals surface area contributed by atoms with Gasteiger partial charge in [-0.15, -0.1) is 0 Å². The van der Waals surface area contributed by atoms with E-state index in [2.05, 4.69) is 35.8 Å². The molecule has 0 radical (unpaired) electrons. The van der Waals surface area contributed by atoms with E-state index in [1.165, 1.54) is 48.8 Å². The van der Waals surface area contributed by atoms with Crippen molar-refractivity contribution in [3.8, 4) is 5.75 Å². The molecule has 2 rings (SSSR count). The molecule has 0 aliphatic heterocycles. The fraction of sp³-hybridized carbons (Fsp3) is 0.625. The van der Waals surface area contributed by atoms with Gasteiger partial charge in [0.15, 0.2) is 0 Å². The predicted octanol–water partition coefficient (Wildman–Crippen LogP) is 4.24. The zero-order valence-corrected chi connectivity index (χ0v) is 13.8. The molecule has 0 atom stereocenters. The summed E-state index contributed by atoms with van der Waals surface area (Å²) in [6.07, 6.45) is 6.35. The Bertz CT molecular complexity index is 464. The van der Waals surface area contributed by atoms with E-state index in [0.717, 1.165) is 16.8 Å². The van der Waals surface area contributed by atoms with Gasteiger partial charge in [-0.05, 0) is 65.4 Å². The third kappa shape index (κ3) is 2.55. The van der Waals surface area contributed by atoms with Crippen LogP contribution in [0.3, 0.4) is 0 Å². The second-order valence-electron chi connectivity index (χ2n) is 5.75. The third-order valence-electron chi connectivity index (χ3n) is 4.61. The van der Waals surface area contributed by atoms with Crippen LogP contribution >= 0.6 is 15.9 Å². The molecule has 0 saturated heterocycles. The Balaban J connectivity index is 2.57. The summed E-state index contributed by atoms with van der Waals surface area (Å²) in [5.41, 5.74) is 10.4. The summed E-state index contributed by atoms with van der Waals surface area (Å²) < 4.78 is 6.52. The number of aryl methyl sites for hydroxylation is 1. The summed E-state index contributed by atoms with van der Waals surface area (Å²) >= 11 is 3.68. The number of hydrogen-bond donors (Lipinski definition) is 1. The van der Waals surface area contributed by atoms with Crippen LogP contribution in [0.25, 0.3) is 0 Å². The summed E-state index contributed by atoms with van der Waals surface area (Å²) in [5.74, 6) is 0.918. The Labute approximate surface area is 124 Å². The van der Waals surface area contributed by atoms with Gasteiger partial charge in [0.25, 0.3) is 0 Å². The van der Waals surface area contributed by atoms with E-state index in [9.17, 15) is 0 Å². The fourth-order valence-electron chi connectivity index (χ4n) is 3.67. The topological polar surface area (TPSA) is 35.2 Å². The molecule has 1 saturated carbocycles. The number of benzene rings is 1. The summed E-state index contributed by atoms with van der Waals surface area (Å²) in [5, 5.41) is 0. The van der Waals surface area contributed by atoms with Gasteiger partial charge in [-0.3, -0.25) is 0 Å². The molecule has 1 aliphatic rings. The highest BCUT2D eigenvalue weighted by Crippen LogP contribution is 2.45. The first-order valence-electron chi connectivity index (χ1n) is 7.10. The lowest BCUT2D eigenvalue weighted by Gasteiger charge is -2.39. The number of halogens is 1. The first kappa shape index (κ1) is 14.9. The lowest BCUT2D eigenvalue weighted by atomic mass is 9.67. The summed E-state index contributed by atoms with van der Waals surface area (Å²) in [4.78, 5) is 0. The quantitative estimate of drug-likeness (QED) is 0.902. The van der Waals surface area contributed by atoms with E-state index in [-0.39, 0.29) is 5.41 Å². The highest BCUT2D eigenvalue weighted by molar-refractivity contribution is 9.10. The standard InChI is InChI=1S/C16H24BrNO/c1-11-9-13(19-3)15(17)12(2)14(11)16(10-18)7-5-4-6-8-16/h9H,4-8,10,18H2,1-3H3. The van der Waals surface area contributed by atoms with Gasteiger partial charge >= 0.3 is 0 Å². The van der Waals surface area contributed by atoms with Gasteiger partial charge in [-0.2, -0.15) is 0 Å². The Morgan fingerprint density at radius 1 is 1.26 bits per heavy atom. The summed E-state index contributed by atoms with van der Waals surface area (Å²) in [6.45, 7) is 5.11. The monoisotopic (exact) mass is 325 g/mol. The van der Waals surface area contributed by atoms with Crippen molar-refractivity contribution in [2.75, 3.05) is 13.7 Å². The van der Waals surface area contributed by atoms with Crippen LogP contribution in [0, 0.1) is 13.8 Å². The molecular formula is C16H24BrNO. The van der Waals surface area contributed by atoms with E-state index in [1.54, 1.807) is 7.11 Å². The van der Waals surface area contributed by atoms with Crippen molar-refractivity contribution in [3.05, 3.63) is 27.2 Å². The Hall–Kier alpha value is -0.540. The van der Waals surface area contributed by atoms with Crippen LogP contribution in [-0.4, -0.2) is 13.7 Å². The molecule has 1 aromatic carbocycles. The Kier molecular flexibility index (Phi) is 4.57. The van der Waals surface area contributed by atoms with Gasteiger partial charge in [0.1, 0.15) is 5.75 Å². The Morgan fingerprint density at radius 2 is 1.89 bits per heavy atom. The normalized spacial score (nSPS) is 18.4. The lowest BCUT2D eigenvalue weighted by molar-refractivity contribution is 0.297. The molecule has 0 amide bonds. The minimum atomic E-state index is 0.168. The highest BCUT2D eigenvalue weighted by Gasteiger charge is 2.35. The average molecular weight is 326 g/mol. The minimum Gasteiger partial charge on any atom is -0.496 e. The number of methoxy groups -OCH3 is 1. The molecule has 106 valence electrons. The molecule has 0 aromatic heterocycles. The Morgan fingerprint density at radius 3 is 2.42 bits per heavy atom. The number of hydrogen-bond acceptors (Lipinski definition) is 2. The van der Waals surface area contributed by atoms with Crippen molar-refractivity contribution >= 4 is 15.9 Å². The second-order valence-corrected chi connectivity index (χ2v) is 6.55. The zero-order valence-electron chi connectivity index (χ0n) is 12.2. The van der Waals surface area contributed by atoms with Crippen LogP contribution in [0.4, 0.5) is 0 Å². The molecule has 0 bridgehead atoms. The van der Waals surface area contributed by atoms with Crippen molar-refractivity contribution in [1.29, 1.82) is 0 Å². The maximum absolute atomic E-state index is 6.18. The van der Waals surface area contributed by atoms with Gasteiger partial charge in [0, 0.05) is 12.0 Å². The maximum Gasteiger partial charge on any atom is 0.133 e. The van der Waals surface area contributed by atoms with Crippen molar-refractivity contribution in [1.82, 2.24) is 0 Å². The molecule has 19 heavy (non-hydrogen) atoms. The van der Waals surface area contributed by atoms with Crippen molar-refractivity contribution in [2.45, 2.75) is 51.4 Å². The average Bonchev–Trinajstić information content (AvgIpc) is 2.44. The van der Waals surface area contributed by atoms with Gasteiger partial charge in [0.2, 0.25) is 0 Å². The largest absolute Gasteiger partial charge is 0.496 e. The maximum atomic E-state index is 6.18. The molecule has 1 aliphatic carbocycles. The van der Waals surface area contributed by atoms with Gasteiger partial charge in [-0.1, -0.05) is 19.3 Å². The molecule has 3 heteroatoms. The molecule has 0 heterocycles. The summed E-state index contributed by atoms with van der Waals surface area (Å²) in [7, 11) is 1.72. The van der Waals surface area contributed by atoms with Gasteiger partial charge < -0.3 is 10.5 Å². The van der Waals surface area contributed by atoms with E-state index in [4.69, 9.17) is 10.5 Å². The number of rotatable bonds is 3. The minimum absolute atomic E-state index is 0.168. The SMILES string of the molecule is COc1cc(C)c(C2(CN)CCCCC2)c(C)c1Br. The zero-order chi connectivity index (χ0) is 14.0. The van der Waals surface area contributed by atoms with Crippen LogP contribution in [-0.2, 0) is 5.41 Å². The highest BCUT2D eigenvalue weighted by atomic mass is 79.9. The van der Waals surface area contributed by atoms with E-state index >= 15 is 0 Å². The summed E-state index contributed by atoms with van der Waals surface area (Å²) in [6, 6.07) is 2.14. The van der Waals surface area contributed by atoms with E-state index < -0.39 is 0 Å². The van der Waals surface area contributed by atoms with Gasteiger partial charge in [0.05, 0.1) is 11.6 Å². The number of ether oxygens (including phenoxy) is 1. The van der Waals surface area contributed by atoms with E-state index in [1.807, 2.05) is 0 Å². The molecule has 1 fully saturated rings. The first-order valence-corrected chi connectivity index (χ1v) is 7.89. The molecule has 2 N–H and O–H groups in total. The molecule has 1 aromatic rings. The molecule has 0 spiro atoms. The number of nitrogens with two attached hydrogens (primary N) is 1. The second kappa shape index (κ2) is 5.84. The molecule has 2 nitrogen and oxygen atoms in total. The van der Waals surface area contributed by atoms with Crippen LogP contribution in [0.15, 0.2) is 10.5 Å². The van der Waals surface area contributed by atoms with Crippen LogP contribution in [0.2, 0.25) is 0 Å². The molecule has 0 unspecified atom stereocenters. The van der Waals surface area contributed by atoms with Crippen LogP contribution < -0.4 is 10.5 Å². The van der Waals surface area contributed by atoms with Gasteiger partial charge in [-0.25, -0.2) is 0 Å². The van der Waals surface area contributed by atoms with E-state index in [0.29, 0.717) is 0 Å². The van der Waals surface area contributed by atoms with Crippen LogP contribution in [0.5, 0.6) is 5.75 Å². The lowest BCUT2D eigenvalue weighted by Crippen LogP contribution is -2.38. The third-order valence-corrected chi connectivity index (χ3v) is 5.60. The first-order chi connectivity index (χ1) is 9.05. The van der Waals surface area contributed by atoms with Crippen molar-refractivity contribution < 1.29 is 4.74 Å². The van der Waals surface area contributed by atoms with Crippen LogP contribution in [0.1, 0.15) is 48.8 Å². The van der Waals surface area contributed by atoms with Crippen molar-refractivity contribution in [2.24, 2.45) is 5.73 Å². The predicted molar refractivity (Wildman–Crippen MR) is 84.0 cm³/mol. The fourth-order valence-corrected chi connectivity index (χ4v) is 4.15. The smallest absolute Gasteiger partial charge is 0.133 e.